The zero-order valence-corrected chi connectivity index (χ0v) is 14.5. The second-order valence-electron chi connectivity index (χ2n) is 5.25. The van der Waals surface area contributed by atoms with Crippen LogP contribution in [-0.2, 0) is 15.8 Å². The van der Waals surface area contributed by atoms with Crippen LogP contribution in [0.15, 0.2) is 24.3 Å². The molecule has 8 heteroatoms. The summed E-state index contributed by atoms with van der Waals surface area (Å²) in [5, 5.41) is 14.6. The fourth-order valence-corrected chi connectivity index (χ4v) is 3.51. The minimum atomic E-state index is -3.15. The van der Waals surface area contributed by atoms with Crippen molar-refractivity contribution in [2.75, 3.05) is 13.1 Å². The Morgan fingerprint density at radius 3 is 2.17 bits per heavy atom. The summed E-state index contributed by atoms with van der Waals surface area (Å²) < 4.78 is 18.3. The van der Waals surface area contributed by atoms with Gasteiger partial charge in [0.15, 0.2) is 0 Å². The van der Waals surface area contributed by atoms with E-state index in [1.165, 1.54) is 0 Å². The first kappa shape index (κ1) is 19.6. The van der Waals surface area contributed by atoms with Crippen molar-refractivity contribution in [2.45, 2.75) is 39.2 Å². The summed E-state index contributed by atoms with van der Waals surface area (Å²) in [6.45, 7) is 5.13. The maximum atomic E-state index is 12.7. The van der Waals surface area contributed by atoms with E-state index in [2.05, 4.69) is 10.2 Å². The molecule has 1 atom stereocenters. The molecule has 0 aliphatic carbocycles. The van der Waals surface area contributed by atoms with Crippen molar-refractivity contribution in [1.82, 2.24) is 10.2 Å². The second kappa shape index (κ2) is 9.67. The third kappa shape index (κ3) is 7.14. The molecule has 0 spiro atoms. The normalized spacial score (nSPS) is 12.8. The summed E-state index contributed by atoms with van der Waals surface area (Å²) in [6, 6.07) is 5.84. The first-order valence-electron chi connectivity index (χ1n) is 7.77. The molecule has 0 fully saturated rings. The monoisotopic (exact) mass is 343 g/mol. The van der Waals surface area contributed by atoms with Gasteiger partial charge in [0.25, 0.3) is 0 Å². The highest BCUT2D eigenvalue weighted by atomic mass is 31.2. The fraction of sp³-hybridized carbons (Fsp3) is 0.533. The molecular formula is C15H26N3O4P. The first-order chi connectivity index (χ1) is 10.9. The topological polar surface area (TPSA) is 114 Å². The number of hydrogen-bond acceptors (Lipinski definition) is 4. The molecule has 0 aromatic heterocycles. The zero-order valence-electron chi connectivity index (χ0n) is 13.6. The van der Waals surface area contributed by atoms with Gasteiger partial charge in [-0.15, -0.1) is 0 Å². The lowest BCUT2D eigenvalue weighted by atomic mass is 10.1. The van der Waals surface area contributed by atoms with E-state index in [0.29, 0.717) is 18.8 Å². The number of nitrogens with one attached hydrogen (secondary N) is 2. The van der Waals surface area contributed by atoms with Gasteiger partial charge in [-0.25, -0.2) is 14.7 Å². The number of aliphatic carboxylic acids is 1. The largest absolute Gasteiger partial charge is 0.480 e. The van der Waals surface area contributed by atoms with Crippen LogP contribution in [0.4, 0.5) is 0 Å². The molecule has 0 saturated heterocycles. The predicted molar refractivity (Wildman–Crippen MR) is 90.6 cm³/mol. The number of nitrogens with two attached hydrogens (primary N) is 1. The molecule has 1 aromatic rings. The molecular weight excluding hydrogens is 317 g/mol. The Hall–Kier alpha value is -1.40. The zero-order chi connectivity index (χ0) is 17.3. The van der Waals surface area contributed by atoms with Crippen LogP contribution in [0.2, 0.25) is 0 Å². The number of benzene rings is 1. The van der Waals surface area contributed by atoms with Gasteiger partial charge in [0.2, 0.25) is 0 Å². The maximum Gasteiger partial charge on any atom is 0.390 e. The molecule has 23 heavy (non-hydrogen) atoms. The standard InChI is InChI=1S/C15H26N3O4P/c1-3-9-17-23(21,18-10-4-2)22-13-7-5-12(6-8-13)11-14(16)15(19)20/h5-8,14H,3-4,9-11,16H2,1-2H3,(H,19,20)(H2,17,18,21)/t14-/m0/s1. The molecule has 0 unspecified atom stereocenters. The van der Waals surface area contributed by atoms with Crippen molar-refractivity contribution >= 4 is 13.6 Å². The van der Waals surface area contributed by atoms with Crippen molar-refractivity contribution in [1.29, 1.82) is 0 Å². The average Bonchev–Trinajstić information content (AvgIpc) is 2.53. The van der Waals surface area contributed by atoms with Gasteiger partial charge in [-0.2, -0.15) is 0 Å². The van der Waals surface area contributed by atoms with Gasteiger partial charge in [-0.1, -0.05) is 26.0 Å². The van der Waals surface area contributed by atoms with Crippen molar-refractivity contribution in [3.63, 3.8) is 0 Å². The van der Waals surface area contributed by atoms with Crippen molar-refractivity contribution in [3.8, 4) is 5.75 Å². The molecule has 0 radical (unpaired) electrons. The van der Waals surface area contributed by atoms with Crippen LogP contribution >= 0.6 is 7.67 Å². The lowest BCUT2D eigenvalue weighted by Crippen LogP contribution is -2.32. The van der Waals surface area contributed by atoms with Crippen molar-refractivity contribution in [3.05, 3.63) is 29.8 Å². The molecule has 130 valence electrons. The van der Waals surface area contributed by atoms with Gasteiger partial charge < -0.3 is 15.4 Å². The molecule has 0 saturated carbocycles. The summed E-state index contributed by atoms with van der Waals surface area (Å²) in [6.07, 6.45) is 1.91. The number of carboxylic acids is 1. The Balaban J connectivity index is 2.73. The summed E-state index contributed by atoms with van der Waals surface area (Å²) >= 11 is 0. The summed E-state index contributed by atoms with van der Waals surface area (Å²) in [5.41, 5.74) is 6.29. The number of carboxylic acid groups (broad SMARTS) is 1. The Kier molecular flexibility index (Phi) is 8.26. The van der Waals surface area contributed by atoms with Crippen LogP contribution in [0.3, 0.4) is 0 Å². The highest BCUT2D eigenvalue weighted by molar-refractivity contribution is 7.55. The molecule has 0 bridgehead atoms. The van der Waals surface area contributed by atoms with Gasteiger partial charge in [-0.3, -0.25) is 4.79 Å². The quantitative estimate of drug-likeness (QED) is 0.455. The van der Waals surface area contributed by atoms with E-state index >= 15 is 0 Å². The average molecular weight is 343 g/mol. The highest BCUT2D eigenvalue weighted by Crippen LogP contribution is 2.38. The Morgan fingerprint density at radius 1 is 1.22 bits per heavy atom. The van der Waals surface area contributed by atoms with Crippen molar-refractivity contribution < 1.29 is 19.0 Å². The SMILES string of the molecule is CCCNP(=O)(NCCC)Oc1ccc(C[C@H](N)C(=O)O)cc1. The molecule has 0 aliphatic rings. The number of rotatable bonds is 11. The summed E-state index contributed by atoms with van der Waals surface area (Å²) in [4.78, 5) is 10.8. The lowest BCUT2D eigenvalue weighted by Gasteiger charge is -2.21. The second-order valence-corrected chi connectivity index (χ2v) is 7.17. The Morgan fingerprint density at radius 2 is 1.74 bits per heavy atom. The molecule has 5 N–H and O–H groups in total. The predicted octanol–water partition coefficient (Wildman–Crippen LogP) is 2.13. The van der Waals surface area contributed by atoms with Gasteiger partial charge in [-0.05, 0) is 37.0 Å². The van der Waals surface area contributed by atoms with E-state index in [-0.39, 0.29) is 6.42 Å². The molecule has 1 rings (SSSR count). The van der Waals surface area contributed by atoms with Gasteiger partial charge in [0.05, 0.1) is 0 Å². The number of hydrogen-bond donors (Lipinski definition) is 4. The van der Waals surface area contributed by atoms with Crippen LogP contribution in [0.25, 0.3) is 0 Å². The Bertz CT molecular complexity index is 524. The lowest BCUT2D eigenvalue weighted by molar-refractivity contribution is -0.138. The van der Waals surface area contributed by atoms with Crippen LogP contribution < -0.4 is 20.4 Å². The van der Waals surface area contributed by atoms with E-state index < -0.39 is 19.7 Å². The minimum Gasteiger partial charge on any atom is -0.480 e. The molecule has 0 heterocycles. The fourth-order valence-electron chi connectivity index (χ4n) is 1.81. The third-order valence-corrected chi connectivity index (χ3v) is 4.82. The molecule has 0 amide bonds. The van der Waals surface area contributed by atoms with Gasteiger partial charge in [0.1, 0.15) is 11.8 Å². The van der Waals surface area contributed by atoms with E-state index in [4.69, 9.17) is 15.4 Å². The molecule has 1 aromatic carbocycles. The van der Waals surface area contributed by atoms with E-state index in [1.807, 2.05) is 13.8 Å². The summed E-state index contributed by atoms with van der Waals surface area (Å²) in [7, 11) is -3.15. The van der Waals surface area contributed by atoms with Gasteiger partial charge in [0, 0.05) is 13.1 Å². The number of carbonyl (C=O) groups is 1. The van der Waals surface area contributed by atoms with Crippen molar-refractivity contribution in [2.24, 2.45) is 5.73 Å². The van der Waals surface area contributed by atoms with E-state index in [9.17, 15) is 9.36 Å². The Labute approximate surface area is 137 Å². The maximum absolute atomic E-state index is 12.7. The van der Waals surface area contributed by atoms with Crippen LogP contribution in [-0.4, -0.2) is 30.2 Å². The first-order valence-corrected chi connectivity index (χ1v) is 9.40. The van der Waals surface area contributed by atoms with Crippen LogP contribution in [0.5, 0.6) is 5.75 Å². The van der Waals surface area contributed by atoms with E-state index in [1.54, 1.807) is 24.3 Å². The smallest absolute Gasteiger partial charge is 0.390 e. The third-order valence-electron chi connectivity index (χ3n) is 3.07. The minimum absolute atomic E-state index is 0.232. The molecule has 7 nitrogen and oxygen atoms in total. The van der Waals surface area contributed by atoms with E-state index in [0.717, 1.165) is 18.4 Å². The van der Waals surface area contributed by atoms with Crippen LogP contribution in [0.1, 0.15) is 32.3 Å². The molecule has 0 aliphatic heterocycles. The highest BCUT2D eigenvalue weighted by Gasteiger charge is 2.23. The van der Waals surface area contributed by atoms with Gasteiger partial charge >= 0.3 is 13.6 Å². The summed E-state index contributed by atoms with van der Waals surface area (Å²) in [5.74, 6) is -0.587. The van der Waals surface area contributed by atoms with Crippen LogP contribution in [0, 0.1) is 0 Å².